The van der Waals surface area contributed by atoms with Crippen LogP contribution in [-0.4, -0.2) is 18.2 Å². The normalized spacial score (nSPS) is 11.5. The van der Waals surface area contributed by atoms with Crippen LogP contribution in [0.15, 0.2) is 59.6 Å². The maximum atomic E-state index is 12.5. The van der Waals surface area contributed by atoms with E-state index in [0.717, 1.165) is 11.4 Å². The molecular weight excluding hydrogens is 369 g/mol. The van der Waals surface area contributed by atoms with Crippen LogP contribution in [0.25, 0.3) is 5.69 Å². The molecule has 3 rings (SSSR count). The highest BCUT2D eigenvalue weighted by atomic mass is 35.5. The summed E-state index contributed by atoms with van der Waals surface area (Å²) in [4.78, 5) is 0.0394. The van der Waals surface area contributed by atoms with Gasteiger partial charge in [-0.15, -0.1) is 0 Å². The summed E-state index contributed by atoms with van der Waals surface area (Å²) < 4.78 is 29.2. The number of aromatic nitrogens is 2. The lowest BCUT2D eigenvalue weighted by Crippen LogP contribution is -2.13. The number of anilines is 1. The quantitative estimate of drug-likeness (QED) is 0.732. The lowest BCUT2D eigenvalue weighted by atomic mass is 10.3. The Bertz CT molecular complexity index is 1000. The first-order chi connectivity index (χ1) is 11.4. The first kappa shape index (κ1) is 16.8. The standard InChI is InChI=1S/C16H13Cl2N3O2S/c1-11-7-8-19-21(11)13-4-2-3-12(9-13)20-24(22,23)14-5-6-15(17)16(18)10-14/h2-10,20H,1H3. The van der Waals surface area contributed by atoms with E-state index >= 15 is 0 Å². The van der Waals surface area contributed by atoms with Gasteiger partial charge in [-0.3, -0.25) is 4.72 Å². The summed E-state index contributed by atoms with van der Waals surface area (Å²) in [6.45, 7) is 1.92. The summed E-state index contributed by atoms with van der Waals surface area (Å²) in [5, 5.41) is 4.69. The van der Waals surface area contributed by atoms with E-state index in [9.17, 15) is 8.42 Å². The third-order valence-electron chi connectivity index (χ3n) is 3.38. The van der Waals surface area contributed by atoms with Crippen LogP contribution in [-0.2, 0) is 10.0 Å². The van der Waals surface area contributed by atoms with E-state index in [1.165, 1.54) is 18.2 Å². The zero-order valence-corrected chi connectivity index (χ0v) is 14.9. The Labute approximate surface area is 149 Å². The van der Waals surface area contributed by atoms with Crippen molar-refractivity contribution < 1.29 is 8.42 Å². The molecule has 0 bridgehead atoms. The smallest absolute Gasteiger partial charge is 0.261 e. The number of aryl methyl sites for hydroxylation is 1. The fraction of sp³-hybridized carbons (Fsp3) is 0.0625. The number of hydrogen-bond donors (Lipinski definition) is 1. The summed E-state index contributed by atoms with van der Waals surface area (Å²) in [6, 6.07) is 13.0. The van der Waals surface area contributed by atoms with Crippen molar-refractivity contribution in [2.45, 2.75) is 11.8 Å². The van der Waals surface area contributed by atoms with Crippen molar-refractivity contribution in [1.29, 1.82) is 0 Å². The van der Waals surface area contributed by atoms with Gasteiger partial charge < -0.3 is 0 Å². The number of nitrogens with zero attached hydrogens (tertiary/aromatic N) is 2. The molecule has 1 heterocycles. The van der Waals surface area contributed by atoms with E-state index in [2.05, 4.69) is 9.82 Å². The first-order valence-electron chi connectivity index (χ1n) is 6.96. The topological polar surface area (TPSA) is 64.0 Å². The second-order valence-corrected chi connectivity index (χ2v) is 7.61. The van der Waals surface area contributed by atoms with Gasteiger partial charge in [-0.05, 0) is 49.4 Å². The van der Waals surface area contributed by atoms with Crippen molar-refractivity contribution in [3.63, 3.8) is 0 Å². The molecule has 0 atom stereocenters. The Morgan fingerprint density at radius 1 is 1.04 bits per heavy atom. The van der Waals surface area contributed by atoms with E-state index in [1.54, 1.807) is 29.1 Å². The Morgan fingerprint density at radius 2 is 1.83 bits per heavy atom. The van der Waals surface area contributed by atoms with E-state index in [-0.39, 0.29) is 9.92 Å². The molecule has 1 N–H and O–H groups in total. The Morgan fingerprint density at radius 3 is 2.50 bits per heavy atom. The molecule has 124 valence electrons. The van der Waals surface area contributed by atoms with E-state index in [4.69, 9.17) is 23.2 Å². The molecule has 0 aliphatic rings. The Kier molecular flexibility index (Phi) is 4.54. The van der Waals surface area contributed by atoms with Crippen molar-refractivity contribution in [1.82, 2.24) is 9.78 Å². The van der Waals surface area contributed by atoms with Crippen molar-refractivity contribution in [3.05, 3.63) is 70.5 Å². The van der Waals surface area contributed by atoms with Gasteiger partial charge in [-0.25, -0.2) is 13.1 Å². The zero-order valence-electron chi connectivity index (χ0n) is 12.6. The Hall–Kier alpha value is -2.02. The van der Waals surface area contributed by atoms with Crippen LogP contribution in [0.5, 0.6) is 0 Å². The molecule has 0 aliphatic heterocycles. The lowest BCUT2D eigenvalue weighted by molar-refractivity contribution is 0.601. The summed E-state index contributed by atoms with van der Waals surface area (Å²) in [7, 11) is -3.77. The van der Waals surface area contributed by atoms with Gasteiger partial charge >= 0.3 is 0 Å². The maximum absolute atomic E-state index is 12.5. The molecule has 5 nitrogen and oxygen atoms in total. The highest BCUT2D eigenvalue weighted by Gasteiger charge is 2.16. The molecule has 1 aromatic heterocycles. The highest BCUT2D eigenvalue weighted by Crippen LogP contribution is 2.26. The molecule has 0 spiro atoms. The number of benzene rings is 2. The van der Waals surface area contributed by atoms with Crippen LogP contribution >= 0.6 is 23.2 Å². The van der Waals surface area contributed by atoms with Crippen LogP contribution in [0.1, 0.15) is 5.69 Å². The molecule has 24 heavy (non-hydrogen) atoms. The lowest BCUT2D eigenvalue weighted by Gasteiger charge is -2.11. The number of halogens is 2. The second kappa shape index (κ2) is 6.47. The minimum Gasteiger partial charge on any atom is -0.280 e. The summed E-state index contributed by atoms with van der Waals surface area (Å²) >= 11 is 11.7. The molecule has 0 unspecified atom stereocenters. The number of rotatable bonds is 4. The summed E-state index contributed by atoms with van der Waals surface area (Å²) in [6.07, 6.45) is 1.68. The van der Waals surface area contributed by atoms with Crippen LogP contribution < -0.4 is 4.72 Å². The molecule has 3 aromatic rings. The number of nitrogens with one attached hydrogen (secondary N) is 1. The summed E-state index contributed by atoms with van der Waals surface area (Å²) in [5.41, 5.74) is 2.12. The molecule has 0 saturated carbocycles. The molecule has 0 saturated heterocycles. The van der Waals surface area contributed by atoms with Crippen molar-refractivity contribution in [3.8, 4) is 5.69 Å². The molecule has 8 heteroatoms. The average Bonchev–Trinajstić information content (AvgIpc) is 2.96. The minimum atomic E-state index is -3.77. The van der Waals surface area contributed by atoms with Gasteiger partial charge in [0.05, 0.1) is 26.3 Å². The van der Waals surface area contributed by atoms with Crippen LogP contribution in [0, 0.1) is 6.92 Å². The second-order valence-electron chi connectivity index (χ2n) is 5.12. The van der Waals surface area contributed by atoms with E-state index < -0.39 is 10.0 Å². The number of sulfonamides is 1. The average molecular weight is 382 g/mol. The largest absolute Gasteiger partial charge is 0.280 e. The number of hydrogen-bond acceptors (Lipinski definition) is 3. The molecular formula is C16H13Cl2N3O2S. The van der Waals surface area contributed by atoms with E-state index in [1.807, 2.05) is 19.1 Å². The van der Waals surface area contributed by atoms with Crippen molar-refractivity contribution in [2.24, 2.45) is 0 Å². The van der Waals surface area contributed by atoms with Gasteiger partial charge in [0.1, 0.15) is 0 Å². The van der Waals surface area contributed by atoms with Gasteiger partial charge in [-0.1, -0.05) is 29.3 Å². The van der Waals surface area contributed by atoms with Gasteiger partial charge in [0.2, 0.25) is 0 Å². The minimum absolute atomic E-state index is 0.0394. The summed E-state index contributed by atoms with van der Waals surface area (Å²) in [5.74, 6) is 0. The van der Waals surface area contributed by atoms with Gasteiger partial charge in [0.15, 0.2) is 0 Å². The fourth-order valence-electron chi connectivity index (χ4n) is 2.20. The maximum Gasteiger partial charge on any atom is 0.261 e. The predicted octanol–water partition coefficient (Wildman–Crippen LogP) is 4.29. The van der Waals surface area contributed by atoms with Gasteiger partial charge in [-0.2, -0.15) is 5.10 Å². The highest BCUT2D eigenvalue weighted by molar-refractivity contribution is 7.92. The molecule has 2 aromatic carbocycles. The third-order valence-corrected chi connectivity index (χ3v) is 5.49. The first-order valence-corrected chi connectivity index (χ1v) is 9.20. The SMILES string of the molecule is Cc1ccnn1-c1cccc(NS(=O)(=O)c2ccc(Cl)c(Cl)c2)c1. The monoisotopic (exact) mass is 381 g/mol. The Balaban J connectivity index is 1.93. The molecule has 0 aliphatic carbocycles. The van der Waals surface area contributed by atoms with Crippen LogP contribution in [0.4, 0.5) is 5.69 Å². The van der Waals surface area contributed by atoms with Crippen LogP contribution in [0.3, 0.4) is 0 Å². The van der Waals surface area contributed by atoms with Crippen LogP contribution in [0.2, 0.25) is 10.0 Å². The zero-order chi connectivity index (χ0) is 17.3. The molecule has 0 fully saturated rings. The van der Waals surface area contributed by atoms with Gasteiger partial charge in [0, 0.05) is 11.9 Å². The molecule has 0 radical (unpaired) electrons. The van der Waals surface area contributed by atoms with Gasteiger partial charge in [0.25, 0.3) is 10.0 Å². The predicted molar refractivity (Wildman–Crippen MR) is 95.6 cm³/mol. The fourth-order valence-corrected chi connectivity index (χ4v) is 3.64. The van der Waals surface area contributed by atoms with E-state index in [0.29, 0.717) is 10.7 Å². The van der Waals surface area contributed by atoms with Crippen molar-refractivity contribution >= 4 is 38.9 Å². The molecule has 0 amide bonds. The third kappa shape index (κ3) is 3.40. The van der Waals surface area contributed by atoms with Crippen molar-refractivity contribution in [2.75, 3.05) is 4.72 Å².